The van der Waals surface area contributed by atoms with E-state index >= 15 is 0 Å². The average Bonchev–Trinajstić information content (AvgIpc) is 3.09. The molecule has 1 aliphatic carbocycles. The van der Waals surface area contributed by atoms with Crippen molar-refractivity contribution in [3.05, 3.63) is 56.5 Å². The highest BCUT2D eigenvalue weighted by atomic mass is 32.1. The fraction of sp³-hybridized carbons (Fsp3) is 0.318. The normalized spacial score (nSPS) is 16.0. The second-order valence-electron chi connectivity index (χ2n) is 7.42. The fourth-order valence-corrected chi connectivity index (χ4v) is 5.01. The Morgan fingerprint density at radius 3 is 3.07 bits per heavy atom. The minimum atomic E-state index is -0.566. The van der Waals surface area contributed by atoms with E-state index in [0.29, 0.717) is 33.3 Å². The summed E-state index contributed by atoms with van der Waals surface area (Å²) in [5.41, 5.74) is 1.62. The molecule has 2 N–H and O–H groups in total. The van der Waals surface area contributed by atoms with Crippen LogP contribution >= 0.6 is 11.3 Å². The first kappa shape index (κ1) is 20.2. The number of carbonyl (C=O) groups is 1. The lowest BCUT2D eigenvalue weighted by Crippen LogP contribution is -2.15. The van der Waals surface area contributed by atoms with E-state index in [2.05, 4.69) is 16.9 Å². The molecule has 7 nitrogen and oxygen atoms in total. The molecule has 1 aromatic carbocycles. The van der Waals surface area contributed by atoms with Crippen LogP contribution in [0, 0.1) is 5.92 Å². The number of ether oxygens (including phenoxy) is 2. The Balaban J connectivity index is 1.46. The van der Waals surface area contributed by atoms with E-state index in [1.807, 2.05) is 0 Å². The molecule has 2 aromatic heterocycles. The lowest BCUT2D eigenvalue weighted by molar-refractivity contribution is -0.139. The second-order valence-corrected chi connectivity index (χ2v) is 8.50. The zero-order valence-corrected chi connectivity index (χ0v) is 17.5. The number of rotatable bonds is 5. The molecule has 8 heteroatoms. The van der Waals surface area contributed by atoms with Crippen molar-refractivity contribution in [3.8, 4) is 11.5 Å². The van der Waals surface area contributed by atoms with Gasteiger partial charge in [0.25, 0.3) is 5.56 Å². The maximum atomic E-state index is 12.6. The minimum Gasteiger partial charge on any atom is -0.504 e. The van der Waals surface area contributed by atoms with Crippen LogP contribution in [-0.2, 0) is 29.0 Å². The third-order valence-corrected chi connectivity index (χ3v) is 6.33. The lowest BCUT2D eigenvalue weighted by atomic mass is 9.89. The molecular formula is C22H22N2O5S. The Morgan fingerprint density at radius 1 is 1.43 bits per heavy atom. The average molecular weight is 426 g/mol. The van der Waals surface area contributed by atoms with Crippen molar-refractivity contribution in [2.45, 2.75) is 32.8 Å². The van der Waals surface area contributed by atoms with E-state index in [9.17, 15) is 14.7 Å². The van der Waals surface area contributed by atoms with Crippen LogP contribution in [0.25, 0.3) is 16.3 Å². The van der Waals surface area contributed by atoms with Gasteiger partial charge in [0, 0.05) is 11.0 Å². The van der Waals surface area contributed by atoms with Crippen molar-refractivity contribution in [1.29, 1.82) is 0 Å². The third-order valence-electron chi connectivity index (χ3n) is 5.18. The largest absolute Gasteiger partial charge is 0.504 e. The van der Waals surface area contributed by atoms with Crippen LogP contribution in [0.1, 0.15) is 35.2 Å². The van der Waals surface area contributed by atoms with Crippen molar-refractivity contribution in [1.82, 2.24) is 9.97 Å². The van der Waals surface area contributed by atoms with Crippen LogP contribution in [0.2, 0.25) is 0 Å². The molecule has 4 rings (SSSR count). The molecule has 0 bridgehead atoms. The van der Waals surface area contributed by atoms with Gasteiger partial charge >= 0.3 is 5.97 Å². The first-order valence-electron chi connectivity index (χ1n) is 9.70. The van der Waals surface area contributed by atoms with E-state index < -0.39 is 5.97 Å². The van der Waals surface area contributed by atoms with E-state index in [-0.39, 0.29) is 17.9 Å². The van der Waals surface area contributed by atoms with Gasteiger partial charge in [-0.2, -0.15) is 0 Å². The van der Waals surface area contributed by atoms with Gasteiger partial charge in [-0.15, -0.1) is 11.3 Å². The maximum Gasteiger partial charge on any atom is 0.331 e. The van der Waals surface area contributed by atoms with Crippen molar-refractivity contribution in [2.75, 3.05) is 7.11 Å². The van der Waals surface area contributed by atoms with Gasteiger partial charge in [-0.1, -0.05) is 13.0 Å². The number of H-pyrrole nitrogens is 1. The number of nitrogens with one attached hydrogen (secondary N) is 1. The van der Waals surface area contributed by atoms with Gasteiger partial charge in [0.2, 0.25) is 0 Å². The smallest absolute Gasteiger partial charge is 0.331 e. The molecule has 30 heavy (non-hydrogen) atoms. The van der Waals surface area contributed by atoms with E-state index in [4.69, 9.17) is 9.47 Å². The number of aryl methyl sites for hydroxylation is 1. The standard InChI is InChI=1S/C22H22N2O5S/c1-12-3-6-14-17(9-12)30-22-20(14)21(27)23-18(24-22)11-29-19(26)8-5-13-4-7-15(25)16(10-13)28-2/h4-5,7-8,10,12,25H,3,6,9,11H2,1-2H3,(H,23,24,27)/b8-5+/t12-/m1/s1. The van der Waals surface area contributed by atoms with Gasteiger partial charge in [0.15, 0.2) is 11.5 Å². The highest BCUT2D eigenvalue weighted by Crippen LogP contribution is 2.35. The molecule has 3 aromatic rings. The number of methoxy groups -OCH3 is 1. The molecule has 0 radical (unpaired) electrons. The maximum absolute atomic E-state index is 12.6. The van der Waals surface area contributed by atoms with Crippen LogP contribution < -0.4 is 10.3 Å². The molecule has 1 atom stereocenters. The summed E-state index contributed by atoms with van der Waals surface area (Å²) in [6.45, 7) is 2.10. The number of thiophene rings is 1. The number of hydrogen-bond acceptors (Lipinski definition) is 7. The minimum absolute atomic E-state index is 0.0207. The molecule has 0 aliphatic heterocycles. The molecule has 0 spiro atoms. The Kier molecular flexibility index (Phi) is 5.59. The SMILES string of the molecule is COc1cc(/C=C/C(=O)OCc2nc3sc4c(c3c(=O)[nH]2)CC[C@@H](C)C4)ccc1O. The van der Waals surface area contributed by atoms with Gasteiger partial charge in [0.05, 0.1) is 12.5 Å². The van der Waals surface area contributed by atoms with Gasteiger partial charge < -0.3 is 19.6 Å². The van der Waals surface area contributed by atoms with Crippen molar-refractivity contribution in [3.63, 3.8) is 0 Å². The van der Waals surface area contributed by atoms with Crippen LogP contribution in [0.5, 0.6) is 11.5 Å². The summed E-state index contributed by atoms with van der Waals surface area (Å²) >= 11 is 1.56. The van der Waals surface area contributed by atoms with Crippen molar-refractivity contribution < 1.29 is 19.4 Å². The first-order valence-corrected chi connectivity index (χ1v) is 10.5. The summed E-state index contributed by atoms with van der Waals surface area (Å²) in [7, 11) is 1.45. The van der Waals surface area contributed by atoms with Crippen LogP contribution in [0.3, 0.4) is 0 Å². The zero-order chi connectivity index (χ0) is 21.3. The summed E-state index contributed by atoms with van der Waals surface area (Å²) in [5.74, 6) is 0.711. The molecule has 0 unspecified atom stereocenters. The second kappa shape index (κ2) is 8.31. The number of aromatic nitrogens is 2. The predicted octanol–water partition coefficient (Wildman–Crippen LogP) is 3.58. The Hall–Kier alpha value is -3.13. The topological polar surface area (TPSA) is 102 Å². The first-order chi connectivity index (χ1) is 14.4. The summed E-state index contributed by atoms with van der Waals surface area (Å²) in [5, 5.41) is 10.3. The summed E-state index contributed by atoms with van der Waals surface area (Å²) in [6, 6.07) is 4.73. The Bertz CT molecular complexity index is 1190. The molecule has 0 fully saturated rings. The van der Waals surface area contributed by atoms with E-state index in [0.717, 1.165) is 24.8 Å². The summed E-state index contributed by atoms with van der Waals surface area (Å²) < 4.78 is 10.3. The van der Waals surface area contributed by atoms with E-state index in [1.54, 1.807) is 29.5 Å². The van der Waals surface area contributed by atoms with Crippen LogP contribution in [-0.4, -0.2) is 28.2 Å². The monoisotopic (exact) mass is 426 g/mol. The molecule has 156 valence electrons. The third kappa shape index (κ3) is 4.09. The number of carbonyl (C=O) groups excluding carboxylic acids is 1. The number of aromatic hydroxyl groups is 1. The Morgan fingerprint density at radius 2 is 2.27 bits per heavy atom. The molecule has 0 saturated carbocycles. The summed E-state index contributed by atoms with van der Waals surface area (Å²) in [6.07, 6.45) is 5.79. The zero-order valence-electron chi connectivity index (χ0n) is 16.7. The molecule has 0 saturated heterocycles. The highest BCUT2D eigenvalue weighted by molar-refractivity contribution is 7.18. The molecule has 1 aliphatic rings. The molecule has 2 heterocycles. The molecule has 0 amide bonds. The summed E-state index contributed by atoms with van der Waals surface area (Å²) in [4.78, 5) is 33.8. The predicted molar refractivity (Wildman–Crippen MR) is 115 cm³/mol. The number of benzene rings is 1. The number of phenols is 1. The highest BCUT2D eigenvalue weighted by Gasteiger charge is 2.23. The fourth-order valence-electron chi connectivity index (χ4n) is 3.61. The lowest BCUT2D eigenvalue weighted by Gasteiger charge is -2.17. The van der Waals surface area contributed by atoms with Gasteiger partial charge in [-0.25, -0.2) is 9.78 Å². The van der Waals surface area contributed by atoms with Crippen LogP contribution in [0.4, 0.5) is 0 Å². The number of nitrogens with zero attached hydrogens (tertiary/aromatic N) is 1. The number of phenolic OH excluding ortho intramolecular Hbond substituents is 1. The Labute approximate surface area is 177 Å². The van der Waals surface area contributed by atoms with Gasteiger partial charge in [-0.05, 0) is 54.5 Å². The quantitative estimate of drug-likeness (QED) is 0.478. The van der Waals surface area contributed by atoms with E-state index in [1.165, 1.54) is 24.1 Å². The van der Waals surface area contributed by atoms with Gasteiger partial charge in [-0.3, -0.25) is 4.79 Å². The van der Waals surface area contributed by atoms with Crippen molar-refractivity contribution in [2.24, 2.45) is 5.92 Å². The number of aromatic amines is 1. The van der Waals surface area contributed by atoms with Crippen LogP contribution in [0.15, 0.2) is 29.1 Å². The van der Waals surface area contributed by atoms with Crippen molar-refractivity contribution >= 4 is 33.6 Å². The van der Waals surface area contributed by atoms with Gasteiger partial charge in [0.1, 0.15) is 17.3 Å². The number of hydrogen-bond donors (Lipinski definition) is 2. The molecular weight excluding hydrogens is 404 g/mol. The number of esters is 1. The number of fused-ring (bicyclic) bond motifs is 3.